The monoisotopic (exact) mass is 318 g/mol. The zero-order valence-electron chi connectivity index (χ0n) is 13.4. The van der Waals surface area contributed by atoms with Gasteiger partial charge in [0.1, 0.15) is 5.75 Å². The Hall–Kier alpha value is -3.14. The molecule has 2 aromatic carbocycles. The minimum atomic E-state index is -0.133. The topological polar surface area (TPSA) is 44.1 Å². The molecule has 0 bridgehead atoms. The number of allylic oxidation sites excluding steroid dienone is 1. The molecule has 24 heavy (non-hydrogen) atoms. The van der Waals surface area contributed by atoms with Gasteiger partial charge in [-0.3, -0.25) is 4.79 Å². The Kier molecular flexibility index (Phi) is 4.87. The number of ether oxygens (including phenoxy) is 1. The summed E-state index contributed by atoms with van der Waals surface area (Å²) in [5.74, 6) is 0.732. The zero-order valence-corrected chi connectivity index (χ0v) is 13.4. The third kappa shape index (κ3) is 3.60. The minimum Gasteiger partial charge on any atom is -0.496 e. The van der Waals surface area contributed by atoms with Crippen LogP contribution in [0, 0.1) is 0 Å². The molecular weight excluding hydrogens is 300 g/mol. The summed E-state index contributed by atoms with van der Waals surface area (Å²) < 4.78 is 6.81. The Labute approximate surface area is 140 Å². The van der Waals surface area contributed by atoms with Crippen LogP contribution in [0.25, 0.3) is 17.3 Å². The first kappa shape index (κ1) is 15.7. The highest BCUT2D eigenvalue weighted by Crippen LogP contribution is 2.27. The van der Waals surface area contributed by atoms with Crippen molar-refractivity contribution in [3.63, 3.8) is 0 Å². The lowest BCUT2D eigenvalue weighted by Gasteiger charge is -2.09. The predicted octanol–water partition coefficient (Wildman–Crippen LogP) is 3.63. The molecule has 3 aromatic rings. The molecule has 0 saturated carbocycles. The Morgan fingerprint density at radius 2 is 1.75 bits per heavy atom. The molecule has 0 aliphatic heterocycles. The van der Waals surface area contributed by atoms with E-state index in [0.29, 0.717) is 12.2 Å². The van der Waals surface area contributed by atoms with Crippen molar-refractivity contribution in [3.8, 4) is 17.0 Å². The molecule has 4 nitrogen and oxygen atoms in total. The fourth-order valence-electron chi connectivity index (χ4n) is 2.43. The Bertz CT molecular complexity index is 899. The zero-order chi connectivity index (χ0) is 16.8. The highest BCUT2D eigenvalue weighted by atomic mass is 16.5. The highest BCUT2D eigenvalue weighted by molar-refractivity contribution is 5.66. The number of benzene rings is 2. The number of aromatic nitrogens is 2. The molecule has 0 N–H and O–H groups in total. The fourth-order valence-corrected chi connectivity index (χ4v) is 2.43. The third-order valence-electron chi connectivity index (χ3n) is 3.64. The Morgan fingerprint density at radius 1 is 1.00 bits per heavy atom. The molecule has 0 radical (unpaired) electrons. The van der Waals surface area contributed by atoms with Crippen molar-refractivity contribution in [2.45, 2.75) is 6.54 Å². The smallest absolute Gasteiger partial charge is 0.267 e. The Balaban J connectivity index is 1.87. The van der Waals surface area contributed by atoms with Gasteiger partial charge in [-0.15, -0.1) is 0 Å². The van der Waals surface area contributed by atoms with Gasteiger partial charge in [0.15, 0.2) is 0 Å². The van der Waals surface area contributed by atoms with E-state index in [0.717, 1.165) is 16.9 Å². The van der Waals surface area contributed by atoms with Crippen molar-refractivity contribution < 1.29 is 4.74 Å². The summed E-state index contributed by atoms with van der Waals surface area (Å²) in [6.45, 7) is 0.413. The molecule has 1 aromatic heterocycles. The average molecular weight is 318 g/mol. The summed E-state index contributed by atoms with van der Waals surface area (Å²) in [5.41, 5.74) is 2.53. The second-order valence-electron chi connectivity index (χ2n) is 5.25. The van der Waals surface area contributed by atoms with Crippen molar-refractivity contribution in [3.05, 3.63) is 88.7 Å². The van der Waals surface area contributed by atoms with E-state index >= 15 is 0 Å². The van der Waals surface area contributed by atoms with Crippen LogP contribution in [0.5, 0.6) is 5.75 Å². The van der Waals surface area contributed by atoms with Crippen LogP contribution in [0.4, 0.5) is 0 Å². The van der Waals surface area contributed by atoms with Gasteiger partial charge in [-0.25, -0.2) is 4.68 Å². The standard InChI is InChI=1S/C20H18N2O2/c1-24-19-12-6-5-11-17(19)18-13-14-20(23)22(21-18)15-7-10-16-8-3-2-4-9-16/h2-14H,15H2,1H3. The summed E-state index contributed by atoms with van der Waals surface area (Å²) in [4.78, 5) is 12.0. The van der Waals surface area contributed by atoms with E-state index in [1.54, 1.807) is 13.2 Å². The summed E-state index contributed by atoms with van der Waals surface area (Å²) in [6.07, 6.45) is 3.90. The number of para-hydroxylation sites is 1. The van der Waals surface area contributed by atoms with Crippen LogP contribution < -0.4 is 10.3 Å². The van der Waals surface area contributed by atoms with Crippen LogP contribution in [-0.2, 0) is 6.54 Å². The Morgan fingerprint density at radius 3 is 2.54 bits per heavy atom. The summed E-state index contributed by atoms with van der Waals surface area (Å²) >= 11 is 0. The average Bonchev–Trinajstić information content (AvgIpc) is 2.64. The van der Waals surface area contributed by atoms with E-state index in [1.807, 2.05) is 66.7 Å². The van der Waals surface area contributed by atoms with E-state index in [-0.39, 0.29) is 5.56 Å². The van der Waals surface area contributed by atoms with Crippen LogP contribution in [0.2, 0.25) is 0 Å². The quantitative estimate of drug-likeness (QED) is 0.721. The number of nitrogens with zero attached hydrogens (tertiary/aromatic N) is 2. The van der Waals surface area contributed by atoms with Crippen molar-refractivity contribution in [1.82, 2.24) is 9.78 Å². The van der Waals surface area contributed by atoms with Crippen LogP contribution in [0.3, 0.4) is 0 Å². The van der Waals surface area contributed by atoms with Crippen LogP contribution in [0.1, 0.15) is 5.56 Å². The molecule has 1 heterocycles. The maximum atomic E-state index is 12.0. The van der Waals surface area contributed by atoms with E-state index in [1.165, 1.54) is 10.7 Å². The molecule has 0 unspecified atom stereocenters. The lowest BCUT2D eigenvalue weighted by Crippen LogP contribution is -2.21. The molecule has 4 heteroatoms. The van der Waals surface area contributed by atoms with Crippen molar-refractivity contribution in [1.29, 1.82) is 0 Å². The largest absolute Gasteiger partial charge is 0.496 e. The molecule has 0 aliphatic carbocycles. The van der Waals surface area contributed by atoms with Gasteiger partial charge in [-0.05, 0) is 23.8 Å². The lowest BCUT2D eigenvalue weighted by atomic mass is 10.1. The van der Waals surface area contributed by atoms with Gasteiger partial charge in [-0.2, -0.15) is 5.10 Å². The number of hydrogen-bond acceptors (Lipinski definition) is 3. The van der Waals surface area contributed by atoms with Gasteiger partial charge >= 0.3 is 0 Å². The maximum Gasteiger partial charge on any atom is 0.267 e. The van der Waals surface area contributed by atoms with Crippen LogP contribution >= 0.6 is 0 Å². The predicted molar refractivity (Wildman–Crippen MR) is 96.0 cm³/mol. The lowest BCUT2D eigenvalue weighted by molar-refractivity contribution is 0.416. The first-order valence-electron chi connectivity index (χ1n) is 7.71. The second-order valence-corrected chi connectivity index (χ2v) is 5.25. The van der Waals surface area contributed by atoms with Gasteiger partial charge in [0.2, 0.25) is 0 Å². The summed E-state index contributed by atoms with van der Waals surface area (Å²) in [6, 6.07) is 20.8. The number of methoxy groups -OCH3 is 1. The summed E-state index contributed by atoms with van der Waals surface area (Å²) in [5, 5.41) is 4.46. The van der Waals surface area contributed by atoms with Crippen LogP contribution in [-0.4, -0.2) is 16.9 Å². The first-order chi connectivity index (χ1) is 11.8. The molecular formula is C20H18N2O2. The normalized spacial score (nSPS) is 10.9. The molecule has 0 saturated heterocycles. The highest BCUT2D eigenvalue weighted by Gasteiger charge is 2.07. The molecule has 120 valence electrons. The minimum absolute atomic E-state index is 0.133. The van der Waals surface area contributed by atoms with E-state index in [9.17, 15) is 4.79 Å². The third-order valence-corrected chi connectivity index (χ3v) is 3.64. The molecule has 0 spiro atoms. The first-order valence-corrected chi connectivity index (χ1v) is 7.71. The van der Waals surface area contributed by atoms with Crippen LogP contribution in [0.15, 0.2) is 77.6 Å². The summed E-state index contributed by atoms with van der Waals surface area (Å²) in [7, 11) is 1.62. The van der Waals surface area contributed by atoms with Gasteiger partial charge < -0.3 is 4.74 Å². The maximum absolute atomic E-state index is 12.0. The van der Waals surface area contributed by atoms with Gasteiger partial charge in [-0.1, -0.05) is 54.6 Å². The number of hydrogen-bond donors (Lipinski definition) is 0. The van der Waals surface area contributed by atoms with Crippen molar-refractivity contribution >= 4 is 6.08 Å². The van der Waals surface area contributed by atoms with E-state index in [2.05, 4.69) is 5.10 Å². The molecule has 3 rings (SSSR count). The SMILES string of the molecule is COc1ccccc1-c1ccc(=O)n(CC=Cc2ccccc2)n1. The van der Waals surface area contributed by atoms with E-state index in [4.69, 9.17) is 4.74 Å². The van der Waals surface area contributed by atoms with Gasteiger partial charge in [0, 0.05) is 11.6 Å². The molecule has 0 atom stereocenters. The van der Waals surface area contributed by atoms with E-state index < -0.39 is 0 Å². The second kappa shape index (κ2) is 7.42. The van der Waals surface area contributed by atoms with Crippen molar-refractivity contribution in [2.24, 2.45) is 0 Å². The fraction of sp³-hybridized carbons (Fsp3) is 0.100. The molecule has 0 aliphatic rings. The molecule has 0 fully saturated rings. The van der Waals surface area contributed by atoms with Gasteiger partial charge in [0.25, 0.3) is 5.56 Å². The number of rotatable bonds is 5. The van der Waals surface area contributed by atoms with Crippen molar-refractivity contribution in [2.75, 3.05) is 7.11 Å². The van der Waals surface area contributed by atoms with Gasteiger partial charge in [0.05, 0.1) is 19.3 Å². The molecule has 0 amide bonds.